The highest BCUT2D eigenvalue weighted by Crippen LogP contribution is 2.33. The third-order valence-electron chi connectivity index (χ3n) is 0.934. The zero-order valence-corrected chi connectivity index (χ0v) is 7.94. The van der Waals surface area contributed by atoms with Crippen LogP contribution in [0.3, 0.4) is 0 Å². The number of rotatable bonds is 2. The highest BCUT2D eigenvalue weighted by Gasteiger charge is 2.15. The Hall–Kier alpha value is -0.400. The van der Waals surface area contributed by atoms with Crippen LogP contribution in [0.25, 0.3) is 0 Å². The van der Waals surface area contributed by atoms with Crippen molar-refractivity contribution in [1.29, 1.82) is 0 Å². The van der Waals surface area contributed by atoms with Crippen LogP contribution in [0.15, 0.2) is 0 Å². The fraction of sp³-hybridized carbons (Fsp3) is 0.250. The van der Waals surface area contributed by atoms with E-state index in [-0.39, 0.29) is 5.01 Å². The van der Waals surface area contributed by atoms with Gasteiger partial charge in [0.05, 0.1) is 0 Å². The average Bonchev–Trinajstić information content (AvgIpc) is 2.30. The molecule has 1 rings (SSSR count). The van der Waals surface area contributed by atoms with Crippen LogP contribution in [0.1, 0.15) is 9.80 Å². The maximum Gasteiger partial charge on any atom is 0.385 e. The van der Waals surface area contributed by atoms with Gasteiger partial charge in [0.15, 0.2) is 0 Å². The Labute approximate surface area is 74.0 Å². The SMILES string of the molecule is CS[s+]1c(C(=O)[O-])n[nH]c1=S. The molecule has 1 atom stereocenters. The molecule has 1 aromatic rings. The van der Waals surface area contributed by atoms with Crippen LogP contribution in [0.2, 0.25) is 0 Å². The number of H-pyrrole nitrogens is 1. The molecule has 0 bridgehead atoms. The van der Waals surface area contributed by atoms with E-state index in [1.54, 1.807) is 6.26 Å². The largest absolute Gasteiger partial charge is 0.541 e. The van der Waals surface area contributed by atoms with Crippen molar-refractivity contribution in [3.63, 3.8) is 0 Å². The molecule has 1 N–H and O–H groups in total. The molecule has 0 spiro atoms. The summed E-state index contributed by atoms with van der Waals surface area (Å²) in [5.74, 6) is -1.25. The van der Waals surface area contributed by atoms with E-state index >= 15 is 0 Å². The number of carbonyl (C=O) groups is 1. The van der Waals surface area contributed by atoms with Gasteiger partial charge >= 0.3 is 3.95 Å². The molecule has 0 radical (unpaired) electrons. The smallest absolute Gasteiger partial charge is 0.385 e. The van der Waals surface area contributed by atoms with Crippen molar-refractivity contribution in [2.24, 2.45) is 0 Å². The molecule has 0 aliphatic heterocycles. The average molecular weight is 208 g/mol. The van der Waals surface area contributed by atoms with Gasteiger partial charge in [0.1, 0.15) is 5.97 Å². The number of hydrogen-bond donors (Lipinski definition) is 1. The first-order valence-electron chi connectivity index (χ1n) is 2.54. The molecule has 0 saturated carbocycles. The lowest BCUT2D eigenvalue weighted by molar-refractivity contribution is -0.255. The Bertz CT molecular complexity index is 328. The van der Waals surface area contributed by atoms with Crippen molar-refractivity contribution in [3.8, 4) is 0 Å². The summed E-state index contributed by atoms with van der Waals surface area (Å²) in [4.78, 5) is 10.4. The zero-order valence-electron chi connectivity index (χ0n) is 5.49. The molecule has 1 aromatic heterocycles. The Balaban J connectivity index is 3.27. The standard InChI is InChI=1S/C4H4N2O2S3/c1-10-11-2(3(7)8)5-6-4(11)9/h1H3,(H-,6,7,8,9). The number of carboxylic acids is 1. The number of aromatic amines is 1. The maximum absolute atomic E-state index is 10.4. The van der Waals surface area contributed by atoms with E-state index in [0.29, 0.717) is 3.95 Å². The predicted octanol–water partition coefficient (Wildman–Crippen LogP) is 0.378. The predicted molar refractivity (Wildman–Crippen MR) is 45.1 cm³/mol. The van der Waals surface area contributed by atoms with Crippen LogP contribution in [0.5, 0.6) is 0 Å². The van der Waals surface area contributed by atoms with Crippen molar-refractivity contribution in [2.75, 3.05) is 6.26 Å². The minimum Gasteiger partial charge on any atom is -0.541 e. The van der Waals surface area contributed by atoms with Gasteiger partial charge in [-0.05, 0) is 0 Å². The summed E-state index contributed by atoms with van der Waals surface area (Å²) in [7, 11) is 0.727. The van der Waals surface area contributed by atoms with Crippen LogP contribution < -0.4 is 5.11 Å². The lowest BCUT2D eigenvalue weighted by Gasteiger charge is -1.91. The lowest BCUT2D eigenvalue weighted by Crippen LogP contribution is -2.22. The van der Waals surface area contributed by atoms with Crippen LogP contribution in [-0.2, 0) is 0 Å². The Kier molecular flexibility index (Phi) is 2.63. The van der Waals surface area contributed by atoms with Crippen molar-refractivity contribution in [1.82, 2.24) is 10.2 Å². The molecule has 11 heavy (non-hydrogen) atoms. The maximum atomic E-state index is 10.4. The van der Waals surface area contributed by atoms with Gasteiger partial charge < -0.3 is 9.90 Å². The van der Waals surface area contributed by atoms with E-state index in [1.807, 2.05) is 0 Å². The second kappa shape index (κ2) is 3.33. The molecular weight excluding hydrogens is 204 g/mol. The van der Waals surface area contributed by atoms with Gasteiger partial charge in [0.2, 0.25) is 5.01 Å². The number of carbonyl (C=O) groups excluding carboxylic acids is 1. The van der Waals surface area contributed by atoms with E-state index < -0.39 is 15.5 Å². The van der Waals surface area contributed by atoms with Crippen molar-refractivity contribution in [3.05, 3.63) is 8.96 Å². The number of nitrogens with one attached hydrogen (secondary N) is 1. The van der Waals surface area contributed by atoms with Gasteiger partial charge in [-0.2, -0.15) is 0 Å². The van der Waals surface area contributed by atoms with Gasteiger partial charge in [-0.25, -0.2) is 5.10 Å². The van der Waals surface area contributed by atoms with Crippen molar-refractivity contribution < 1.29 is 9.90 Å². The summed E-state index contributed by atoms with van der Waals surface area (Å²) in [6.07, 6.45) is 1.78. The summed E-state index contributed by atoms with van der Waals surface area (Å²) in [6, 6.07) is 0. The van der Waals surface area contributed by atoms with Crippen LogP contribution in [0.4, 0.5) is 0 Å². The first kappa shape index (κ1) is 8.69. The van der Waals surface area contributed by atoms with Crippen LogP contribution in [-0.4, -0.2) is 22.4 Å². The molecule has 7 heteroatoms. The second-order valence-electron chi connectivity index (χ2n) is 1.54. The molecule has 0 aromatic carbocycles. The molecule has 1 heterocycles. The van der Waals surface area contributed by atoms with Gasteiger partial charge in [0.25, 0.3) is 12.2 Å². The molecular formula is C4H4N2O2S3. The van der Waals surface area contributed by atoms with Crippen molar-refractivity contribution in [2.45, 2.75) is 0 Å². The quantitative estimate of drug-likeness (QED) is 0.432. The van der Waals surface area contributed by atoms with Crippen LogP contribution in [0, 0.1) is 3.95 Å². The van der Waals surface area contributed by atoms with Crippen LogP contribution >= 0.6 is 32.5 Å². The number of aromatic nitrogens is 2. The molecule has 0 saturated heterocycles. The summed E-state index contributed by atoms with van der Waals surface area (Å²) >= 11 is 4.81. The highest BCUT2D eigenvalue weighted by atomic mass is 33.1. The minimum absolute atomic E-state index is 0.00231. The molecule has 0 amide bonds. The monoisotopic (exact) mass is 208 g/mol. The molecule has 4 nitrogen and oxygen atoms in total. The van der Waals surface area contributed by atoms with Gasteiger partial charge in [0, 0.05) is 26.6 Å². The first-order valence-corrected chi connectivity index (χ1v) is 5.92. The lowest BCUT2D eigenvalue weighted by atomic mass is 10.7. The normalized spacial score (nSPS) is 11.5. The van der Waals surface area contributed by atoms with E-state index in [2.05, 4.69) is 10.2 Å². The minimum atomic E-state index is -1.25. The zero-order chi connectivity index (χ0) is 8.43. The molecule has 0 aliphatic carbocycles. The topological polar surface area (TPSA) is 68.8 Å². The van der Waals surface area contributed by atoms with E-state index in [1.165, 1.54) is 10.8 Å². The number of hydrogen-bond acceptors (Lipinski definition) is 5. The van der Waals surface area contributed by atoms with Crippen molar-refractivity contribution >= 4 is 38.5 Å². The number of carboxylic acid groups (broad SMARTS) is 1. The van der Waals surface area contributed by atoms with Gasteiger partial charge in [-0.1, -0.05) is 0 Å². The van der Waals surface area contributed by atoms with E-state index in [0.717, 1.165) is 0 Å². The summed E-state index contributed by atoms with van der Waals surface area (Å²) in [6.45, 7) is 0. The van der Waals surface area contributed by atoms with Gasteiger partial charge in [-0.3, -0.25) is 0 Å². The third-order valence-corrected chi connectivity index (χ3v) is 5.19. The Morgan fingerprint density at radius 2 is 2.55 bits per heavy atom. The summed E-state index contributed by atoms with van der Waals surface area (Å²) in [5.41, 5.74) is 0. The van der Waals surface area contributed by atoms with E-state index in [9.17, 15) is 9.90 Å². The Morgan fingerprint density at radius 3 is 2.91 bits per heavy atom. The first-order chi connectivity index (χ1) is 5.16. The fourth-order valence-electron chi connectivity index (χ4n) is 0.543. The number of nitrogens with zero attached hydrogens (tertiary/aromatic N) is 1. The summed E-state index contributed by atoms with van der Waals surface area (Å²) < 4.78 is 0.455. The molecule has 60 valence electrons. The Morgan fingerprint density at radius 1 is 1.91 bits per heavy atom. The second-order valence-corrected chi connectivity index (χ2v) is 5.87. The molecule has 0 aliphatic rings. The number of aromatic carboxylic acids is 1. The highest BCUT2D eigenvalue weighted by molar-refractivity contribution is 8.45. The van der Waals surface area contributed by atoms with Gasteiger partial charge in [-0.15, -0.1) is 5.10 Å². The third kappa shape index (κ3) is 1.60. The fourth-order valence-corrected chi connectivity index (χ4v) is 3.69. The van der Waals surface area contributed by atoms with E-state index in [4.69, 9.17) is 12.2 Å². The summed E-state index contributed by atoms with van der Waals surface area (Å²) in [5, 5.41) is 16.3. The molecule has 1 unspecified atom stereocenters. The molecule has 0 fully saturated rings.